The molecule has 0 amide bonds. The summed E-state index contributed by atoms with van der Waals surface area (Å²) in [6.45, 7) is 8.73. The molecule has 0 radical (unpaired) electrons. The molecule has 0 N–H and O–H groups in total. The van der Waals surface area contributed by atoms with Gasteiger partial charge in [0.1, 0.15) is 6.29 Å². The molecule has 1 heterocycles. The molecule has 2 nitrogen and oxygen atoms in total. The van der Waals surface area contributed by atoms with E-state index in [0.717, 1.165) is 30.6 Å². The van der Waals surface area contributed by atoms with Gasteiger partial charge in [0.05, 0.1) is 0 Å². The van der Waals surface area contributed by atoms with Gasteiger partial charge in [-0.1, -0.05) is 13.2 Å². The summed E-state index contributed by atoms with van der Waals surface area (Å²) >= 11 is 1.79. The fourth-order valence-corrected chi connectivity index (χ4v) is 2.28. The largest absolute Gasteiger partial charge is 0.348 e. The monoisotopic (exact) mass is 197 g/mol. The molecule has 72 valence electrons. The van der Waals surface area contributed by atoms with E-state index in [2.05, 4.69) is 24.3 Å². The summed E-state index contributed by atoms with van der Waals surface area (Å²) in [7, 11) is 0. The van der Waals surface area contributed by atoms with Crippen LogP contribution in [0.25, 0.3) is 0 Å². The molecular formula is C10H15NOS. The molecule has 1 fully saturated rings. The highest BCUT2D eigenvalue weighted by molar-refractivity contribution is 7.99. The Hall–Kier alpha value is -0.700. The molecule has 1 unspecified atom stereocenters. The molecule has 1 atom stereocenters. The summed E-state index contributed by atoms with van der Waals surface area (Å²) in [6, 6.07) is 0. The highest BCUT2D eigenvalue weighted by Crippen LogP contribution is 2.35. The molecule has 3 heteroatoms. The Morgan fingerprint density at radius 1 is 1.69 bits per heavy atom. The Morgan fingerprint density at radius 3 is 2.85 bits per heavy atom. The second-order valence-corrected chi connectivity index (χ2v) is 4.13. The van der Waals surface area contributed by atoms with E-state index >= 15 is 0 Å². The van der Waals surface area contributed by atoms with Crippen LogP contribution in [-0.4, -0.2) is 29.2 Å². The summed E-state index contributed by atoms with van der Waals surface area (Å²) in [5, 5.41) is 0.458. The Morgan fingerprint density at radius 2 is 2.38 bits per heavy atom. The minimum absolute atomic E-state index is 0.458. The molecule has 1 aliphatic heterocycles. The zero-order valence-electron chi connectivity index (χ0n) is 7.95. The third-order valence-electron chi connectivity index (χ3n) is 2.28. The van der Waals surface area contributed by atoms with Crippen LogP contribution in [-0.2, 0) is 4.79 Å². The normalized spacial score (nSPS) is 22.5. The van der Waals surface area contributed by atoms with Gasteiger partial charge in [-0.3, -0.25) is 0 Å². The van der Waals surface area contributed by atoms with Crippen molar-refractivity contribution in [3.8, 4) is 0 Å². The lowest BCUT2D eigenvalue weighted by molar-refractivity contribution is -0.107. The lowest BCUT2D eigenvalue weighted by atomic mass is 10.3. The smallest absolute Gasteiger partial charge is 0.121 e. The maximum Gasteiger partial charge on any atom is 0.121 e. The Bertz CT molecular complexity index is 237. The zero-order valence-corrected chi connectivity index (χ0v) is 8.77. The topological polar surface area (TPSA) is 20.3 Å². The minimum atomic E-state index is 0.458. The van der Waals surface area contributed by atoms with Crippen molar-refractivity contribution in [3.63, 3.8) is 0 Å². The van der Waals surface area contributed by atoms with E-state index in [4.69, 9.17) is 0 Å². The molecule has 0 aromatic carbocycles. The maximum absolute atomic E-state index is 10.2. The zero-order chi connectivity index (χ0) is 9.84. The van der Waals surface area contributed by atoms with Crippen LogP contribution in [0, 0.1) is 0 Å². The summed E-state index contributed by atoms with van der Waals surface area (Å²) in [6.07, 6.45) is 4.54. The first-order valence-electron chi connectivity index (χ1n) is 4.31. The number of hydrogen-bond donors (Lipinski definition) is 0. The van der Waals surface area contributed by atoms with Crippen molar-refractivity contribution >= 4 is 18.0 Å². The predicted molar refractivity (Wildman–Crippen MR) is 57.6 cm³/mol. The van der Waals surface area contributed by atoms with E-state index in [1.54, 1.807) is 11.8 Å². The Kier molecular flexibility index (Phi) is 3.60. The lowest BCUT2D eigenvalue weighted by Crippen LogP contribution is -2.18. The average Bonchev–Trinajstić information content (AvgIpc) is 2.39. The van der Waals surface area contributed by atoms with Gasteiger partial charge in [0.25, 0.3) is 0 Å². The maximum atomic E-state index is 10.2. The van der Waals surface area contributed by atoms with Crippen LogP contribution in [0.4, 0.5) is 0 Å². The van der Waals surface area contributed by atoms with Crippen LogP contribution in [0.3, 0.4) is 0 Å². The molecule has 13 heavy (non-hydrogen) atoms. The van der Waals surface area contributed by atoms with Crippen molar-refractivity contribution in [2.24, 2.45) is 0 Å². The molecule has 0 saturated carbocycles. The van der Waals surface area contributed by atoms with Gasteiger partial charge in [0.2, 0.25) is 0 Å². The molecular weight excluding hydrogens is 182 g/mol. The van der Waals surface area contributed by atoms with Crippen molar-refractivity contribution in [2.45, 2.75) is 18.1 Å². The first-order valence-corrected chi connectivity index (χ1v) is 5.60. The van der Waals surface area contributed by atoms with Crippen LogP contribution >= 0.6 is 11.8 Å². The highest BCUT2D eigenvalue weighted by atomic mass is 32.2. The lowest BCUT2D eigenvalue weighted by Gasteiger charge is -2.20. The first kappa shape index (κ1) is 10.4. The van der Waals surface area contributed by atoms with E-state index in [9.17, 15) is 4.79 Å². The number of hydrogen-bond acceptors (Lipinski definition) is 3. The van der Waals surface area contributed by atoms with Gasteiger partial charge in [-0.05, 0) is 6.26 Å². The van der Waals surface area contributed by atoms with Crippen LogP contribution in [0.15, 0.2) is 24.6 Å². The summed E-state index contributed by atoms with van der Waals surface area (Å²) in [5.74, 6) is 0. The van der Waals surface area contributed by atoms with Crippen molar-refractivity contribution in [2.75, 3.05) is 12.8 Å². The Labute approximate surface area is 83.7 Å². The van der Waals surface area contributed by atoms with Gasteiger partial charge < -0.3 is 9.69 Å². The van der Waals surface area contributed by atoms with E-state index in [1.165, 1.54) is 0 Å². The molecule has 1 rings (SSSR count). The summed E-state index contributed by atoms with van der Waals surface area (Å²) < 4.78 is 0. The minimum Gasteiger partial charge on any atom is -0.348 e. The van der Waals surface area contributed by atoms with Crippen molar-refractivity contribution in [1.29, 1.82) is 0 Å². The number of allylic oxidation sites excluding steroid dienone is 1. The molecule has 0 bridgehead atoms. The third-order valence-corrected chi connectivity index (χ3v) is 3.28. The fourth-order valence-electron chi connectivity index (χ4n) is 1.52. The number of rotatable bonds is 4. The second kappa shape index (κ2) is 4.51. The van der Waals surface area contributed by atoms with E-state index in [-0.39, 0.29) is 0 Å². The fraction of sp³-hybridized carbons (Fsp3) is 0.500. The van der Waals surface area contributed by atoms with Crippen LogP contribution in [0.5, 0.6) is 0 Å². The van der Waals surface area contributed by atoms with Crippen molar-refractivity contribution < 1.29 is 4.79 Å². The van der Waals surface area contributed by atoms with Crippen LogP contribution in [0.1, 0.15) is 12.8 Å². The van der Waals surface area contributed by atoms with Crippen LogP contribution in [0.2, 0.25) is 0 Å². The highest BCUT2D eigenvalue weighted by Gasteiger charge is 2.27. The van der Waals surface area contributed by atoms with Gasteiger partial charge in [0, 0.05) is 36.0 Å². The molecule has 1 saturated heterocycles. The number of thioether (sulfide) groups is 1. The summed E-state index contributed by atoms with van der Waals surface area (Å²) in [4.78, 5) is 12.3. The van der Waals surface area contributed by atoms with Gasteiger partial charge >= 0.3 is 0 Å². The Balaban J connectivity index is 2.59. The van der Waals surface area contributed by atoms with E-state index in [0.29, 0.717) is 11.7 Å². The van der Waals surface area contributed by atoms with Gasteiger partial charge in [-0.2, -0.15) is 11.8 Å². The number of carbonyl (C=O) groups excluding carboxylic acids is 1. The quantitative estimate of drug-likeness (QED) is 0.643. The average molecular weight is 197 g/mol. The standard InChI is InChI=1S/C10H15NOS/c1-8-7-10(13-3)9(2)11(8)5-4-6-12/h6,10H,1-2,4-5,7H2,3H3. The molecule has 0 aromatic heterocycles. The molecule has 0 aliphatic carbocycles. The third kappa shape index (κ3) is 2.15. The molecule has 0 spiro atoms. The first-order chi connectivity index (χ1) is 6.20. The van der Waals surface area contributed by atoms with Gasteiger partial charge in [-0.25, -0.2) is 0 Å². The van der Waals surface area contributed by atoms with Gasteiger partial charge in [0.15, 0.2) is 0 Å². The SMILES string of the molecule is C=C1CC(SC)C(=C)N1CCC=O. The van der Waals surface area contributed by atoms with E-state index < -0.39 is 0 Å². The summed E-state index contributed by atoms with van der Waals surface area (Å²) in [5.41, 5.74) is 2.19. The number of carbonyl (C=O) groups is 1. The number of likely N-dealkylation sites (tertiary alicyclic amines) is 1. The number of aldehydes is 1. The number of nitrogens with zero attached hydrogens (tertiary/aromatic N) is 1. The molecule has 0 aromatic rings. The predicted octanol–water partition coefficient (Wildman–Crippen LogP) is 2.04. The molecule has 1 aliphatic rings. The van der Waals surface area contributed by atoms with Crippen molar-refractivity contribution in [1.82, 2.24) is 4.90 Å². The van der Waals surface area contributed by atoms with Gasteiger partial charge in [-0.15, -0.1) is 0 Å². The van der Waals surface area contributed by atoms with Crippen LogP contribution < -0.4 is 0 Å². The second-order valence-electron chi connectivity index (χ2n) is 3.09. The van der Waals surface area contributed by atoms with Crippen molar-refractivity contribution in [3.05, 3.63) is 24.6 Å². The van der Waals surface area contributed by atoms with E-state index in [1.807, 2.05) is 0 Å².